The first-order valence-electron chi connectivity index (χ1n) is 9.02. The van der Waals surface area contributed by atoms with E-state index < -0.39 is 5.82 Å². The number of rotatable bonds is 4. The summed E-state index contributed by atoms with van der Waals surface area (Å²) in [6.45, 7) is 0.969. The fourth-order valence-corrected chi connectivity index (χ4v) is 3.13. The van der Waals surface area contributed by atoms with Gasteiger partial charge in [0.2, 0.25) is 5.89 Å². The van der Waals surface area contributed by atoms with Crippen LogP contribution in [0.1, 0.15) is 12.8 Å². The zero-order valence-corrected chi connectivity index (χ0v) is 15.0. The Labute approximate surface area is 161 Å². The molecule has 28 heavy (non-hydrogen) atoms. The molecule has 1 fully saturated rings. The molecule has 4 rings (SSSR count). The standard InChI is InChI=1S/C20H19FN4O3/c21-17-7-2-8-22-19(17)28-16-6-3-10-25(13-16)20(26)24-15-5-1-4-14(12-15)18-23-9-11-27-18/h1-2,4-5,7-9,11-12,16H,3,6,10,13H2,(H,24,26). The van der Waals surface area contributed by atoms with Gasteiger partial charge >= 0.3 is 6.03 Å². The van der Waals surface area contributed by atoms with Crippen molar-refractivity contribution in [2.24, 2.45) is 0 Å². The minimum absolute atomic E-state index is 0.0339. The first-order valence-corrected chi connectivity index (χ1v) is 9.02. The molecule has 1 unspecified atom stereocenters. The molecular formula is C20H19FN4O3. The summed E-state index contributed by atoms with van der Waals surface area (Å²) >= 11 is 0. The molecule has 144 valence electrons. The highest BCUT2D eigenvalue weighted by molar-refractivity contribution is 5.90. The van der Waals surface area contributed by atoms with Gasteiger partial charge in [-0.15, -0.1) is 0 Å². The van der Waals surface area contributed by atoms with Crippen molar-refractivity contribution in [2.45, 2.75) is 18.9 Å². The fraction of sp³-hybridized carbons (Fsp3) is 0.250. The van der Waals surface area contributed by atoms with Crippen LogP contribution in [0.5, 0.6) is 5.88 Å². The quantitative estimate of drug-likeness (QED) is 0.739. The number of benzene rings is 1. The highest BCUT2D eigenvalue weighted by Crippen LogP contribution is 2.23. The Bertz CT molecular complexity index is 948. The van der Waals surface area contributed by atoms with Crippen molar-refractivity contribution in [3.05, 3.63) is 60.9 Å². The summed E-state index contributed by atoms with van der Waals surface area (Å²) in [6, 6.07) is 9.84. The summed E-state index contributed by atoms with van der Waals surface area (Å²) in [5.74, 6) is -0.0549. The van der Waals surface area contributed by atoms with Gasteiger partial charge in [0.05, 0.1) is 12.7 Å². The minimum Gasteiger partial charge on any atom is -0.470 e. The van der Waals surface area contributed by atoms with E-state index in [1.54, 1.807) is 23.2 Å². The number of hydrogen-bond donors (Lipinski definition) is 1. The molecule has 1 aliphatic rings. The molecule has 0 bridgehead atoms. The van der Waals surface area contributed by atoms with Crippen LogP contribution in [0.4, 0.5) is 14.9 Å². The highest BCUT2D eigenvalue weighted by Gasteiger charge is 2.26. The molecule has 0 saturated carbocycles. The molecule has 3 aromatic rings. The van der Waals surface area contributed by atoms with Crippen LogP contribution in [-0.2, 0) is 0 Å². The number of pyridine rings is 1. The Morgan fingerprint density at radius 1 is 1.25 bits per heavy atom. The number of nitrogens with zero attached hydrogens (tertiary/aromatic N) is 3. The van der Waals surface area contributed by atoms with Gasteiger partial charge in [0, 0.05) is 24.0 Å². The second-order valence-corrected chi connectivity index (χ2v) is 6.47. The second kappa shape index (κ2) is 8.08. The number of piperidine rings is 1. The van der Waals surface area contributed by atoms with E-state index >= 15 is 0 Å². The molecule has 1 aromatic carbocycles. The van der Waals surface area contributed by atoms with Crippen molar-refractivity contribution in [1.82, 2.24) is 14.9 Å². The van der Waals surface area contributed by atoms with E-state index in [9.17, 15) is 9.18 Å². The van der Waals surface area contributed by atoms with Crippen molar-refractivity contribution in [3.8, 4) is 17.3 Å². The van der Waals surface area contributed by atoms with E-state index in [2.05, 4.69) is 15.3 Å². The van der Waals surface area contributed by atoms with Crippen LogP contribution in [0.15, 0.2) is 59.5 Å². The number of anilines is 1. The average Bonchev–Trinajstić information content (AvgIpc) is 3.25. The Morgan fingerprint density at radius 3 is 3.00 bits per heavy atom. The number of nitrogens with one attached hydrogen (secondary N) is 1. The predicted octanol–water partition coefficient (Wildman–Crippen LogP) is 3.95. The lowest BCUT2D eigenvalue weighted by molar-refractivity contribution is 0.0987. The Morgan fingerprint density at radius 2 is 2.18 bits per heavy atom. The normalized spacial score (nSPS) is 16.6. The molecule has 1 N–H and O–H groups in total. The van der Waals surface area contributed by atoms with Crippen molar-refractivity contribution < 1.29 is 18.3 Å². The van der Waals surface area contributed by atoms with Crippen molar-refractivity contribution in [3.63, 3.8) is 0 Å². The van der Waals surface area contributed by atoms with Crippen molar-refractivity contribution in [1.29, 1.82) is 0 Å². The lowest BCUT2D eigenvalue weighted by Gasteiger charge is -2.32. The third-order valence-corrected chi connectivity index (χ3v) is 4.46. The first-order chi connectivity index (χ1) is 13.7. The van der Waals surface area contributed by atoms with Gasteiger partial charge in [-0.05, 0) is 43.2 Å². The van der Waals surface area contributed by atoms with Crippen LogP contribution < -0.4 is 10.1 Å². The van der Waals surface area contributed by atoms with E-state index in [1.807, 2.05) is 12.1 Å². The van der Waals surface area contributed by atoms with Crippen LogP contribution in [0.25, 0.3) is 11.5 Å². The number of carbonyl (C=O) groups is 1. The van der Waals surface area contributed by atoms with Gasteiger partial charge in [0.1, 0.15) is 12.4 Å². The first kappa shape index (κ1) is 18.0. The number of urea groups is 1. The Balaban J connectivity index is 1.39. The molecule has 7 nitrogen and oxygen atoms in total. The summed E-state index contributed by atoms with van der Waals surface area (Å²) in [4.78, 5) is 22.3. The lowest BCUT2D eigenvalue weighted by atomic mass is 10.1. The summed E-state index contributed by atoms with van der Waals surface area (Å²) in [7, 11) is 0. The van der Waals surface area contributed by atoms with Crippen LogP contribution in [-0.4, -0.2) is 40.1 Å². The molecule has 3 heterocycles. The Hall–Kier alpha value is -3.42. The number of oxazole rings is 1. The molecule has 1 aliphatic heterocycles. The number of halogens is 1. The fourth-order valence-electron chi connectivity index (χ4n) is 3.13. The van der Waals surface area contributed by atoms with Crippen LogP contribution in [0.3, 0.4) is 0 Å². The summed E-state index contributed by atoms with van der Waals surface area (Å²) < 4.78 is 24.7. The van der Waals surface area contributed by atoms with Crippen LogP contribution >= 0.6 is 0 Å². The summed E-state index contributed by atoms with van der Waals surface area (Å²) in [5.41, 5.74) is 1.41. The van der Waals surface area contributed by atoms with E-state index in [4.69, 9.17) is 9.15 Å². The second-order valence-electron chi connectivity index (χ2n) is 6.47. The monoisotopic (exact) mass is 382 g/mol. The topological polar surface area (TPSA) is 80.5 Å². The van der Waals surface area contributed by atoms with E-state index in [-0.39, 0.29) is 18.0 Å². The zero-order valence-electron chi connectivity index (χ0n) is 15.0. The smallest absolute Gasteiger partial charge is 0.321 e. The minimum atomic E-state index is -0.507. The van der Waals surface area contributed by atoms with E-state index in [0.717, 1.165) is 18.4 Å². The number of hydrogen-bond acceptors (Lipinski definition) is 5. The Kier molecular flexibility index (Phi) is 5.18. The number of ether oxygens (including phenoxy) is 1. The largest absolute Gasteiger partial charge is 0.470 e. The molecule has 0 aliphatic carbocycles. The third kappa shape index (κ3) is 4.11. The molecule has 2 amide bonds. The average molecular weight is 382 g/mol. The van der Waals surface area contributed by atoms with Gasteiger partial charge in [-0.3, -0.25) is 0 Å². The van der Waals surface area contributed by atoms with Crippen molar-refractivity contribution in [2.75, 3.05) is 18.4 Å². The van der Waals surface area contributed by atoms with Crippen molar-refractivity contribution >= 4 is 11.7 Å². The molecule has 0 spiro atoms. The molecule has 0 radical (unpaired) electrons. The molecule has 2 aromatic heterocycles. The number of aromatic nitrogens is 2. The third-order valence-electron chi connectivity index (χ3n) is 4.46. The van der Waals surface area contributed by atoms with Gasteiger partial charge in [-0.2, -0.15) is 0 Å². The molecule has 1 atom stereocenters. The predicted molar refractivity (Wildman–Crippen MR) is 100 cm³/mol. The summed E-state index contributed by atoms with van der Waals surface area (Å²) in [6.07, 6.45) is 5.75. The van der Waals surface area contributed by atoms with E-state index in [1.165, 1.54) is 24.6 Å². The van der Waals surface area contributed by atoms with Gasteiger partial charge in [0.15, 0.2) is 5.82 Å². The van der Waals surface area contributed by atoms with Gasteiger partial charge in [-0.1, -0.05) is 6.07 Å². The molecule has 1 saturated heterocycles. The van der Waals surface area contributed by atoms with Crippen LogP contribution in [0, 0.1) is 5.82 Å². The zero-order chi connectivity index (χ0) is 19.3. The maximum absolute atomic E-state index is 13.7. The SMILES string of the molecule is O=C(Nc1cccc(-c2ncco2)c1)N1CCCC(Oc2ncccc2F)C1. The number of carbonyl (C=O) groups excluding carboxylic acids is 1. The van der Waals surface area contributed by atoms with Gasteiger partial charge < -0.3 is 19.4 Å². The van der Waals surface area contributed by atoms with Crippen LogP contribution in [0.2, 0.25) is 0 Å². The highest BCUT2D eigenvalue weighted by atomic mass is 19.1. The number of amides is 2. The molecular weight excluding hydrogens is 363 g/mol. The maximum Gasteiger partial charge on any atom is 0.321 e. The maximum atomic E-state index is 13.7. The molecule has 8 heteroatoms. The van der Waals surface area contributed by atoms with Gasteiger partial charge in [0.25, 0.3) is 5.88 Å². The van der Waals surface area contributed by atoms with E-state index in [0.29, 0.717) is 24.7 Å². The van der Waals surface area contributed by atoms with Gasteiger partial charge in [-0.25, -0.2) is 19.2 Å². The lowest BCUT2D eigenvalue weighted by Crippen LogP contribution is -2.46. The number of likely N-dealkylation sites (tertiary alicyclic amines) is 1. The summed E-state index contributed by atoms with van der Waals surface area (Å²) in [5, 5.41) is 2.88.